The predicted molar refractivity (Wildman–Crippen MR) is 71.4 cm³/mol. The van der Waals surface area contributed by atoms with E-state index in [1.807, 2.05) is 0 Å². The SMILES string of the molecule is CCCCC(N)c1ccc(CC(C)C)cc1. The molecule has 0 spiro atoms. The molecule has 1 atom stereocenters. The van der Waals surface area contributed by atoms with Gasteiger partial charge in [-0.2, -0.15) is 0 Å². The van der Waals surface area contributed by atoms with E-state index >= 15 is 0 Å². The molecule has 0 radical (unpaired) electrons. The predicted octanol–water partition coefficient (Wildman–Crippen LogP) is 4.08. The monoisotopic (exact) mass is 219 g/mol. The summed E-state index contributed by atoms with van der Waals surface area (Å²) < 4.78 is 0. The average molecular weight is 219 g/mol. The van der Waals surface area contributed by atoms with Crippen molar-refractivity contribution in [3.63, 3.8) is 0 Å². The molecular weight excluding hydrogens is 194 g/mol. The van der Waals surface area contributed by atoms with Crippen LogP contribution in [0.2, 0.25) is 0 Å². The van der Waals surface area contributed by atoms with Crippen LogP contribution in [0.3, 0.4) is 0 Å². The lowest BCUT2D eigenvalue weighted by Crippen LogP contribution is -2.10. The van der Waals surface area contributed by atoms with Crippen molar-refractivity contribution in [2.75, 3.05) is 0 Å². The Morgan fingerprint density at radius 3 is 2.25 bits per heavy atom. The van der Waals surface area contributed by atoms with Crippen LogP contribution in [-0.2, 0) is 6.42 Å². The third kappa shape index (κ3) is 4.36. The number of unbranched alkanes of at least 4 members (excludes halogenated alkanes) is 1. The molecule has 0 saturated heterocycles. The summed E-state index contributed by atoms with van der Waals surface area (Å²) in [4.78, 5) is 0. The van der Waals surface area contributed by atoms with Gasteiger partial charge in [-0.15, -0.1) is 0 Å². The van der Waals surface area contributed by atoms with Crippen molar-refractivity contribution in [1.82, 2.24) is 0 Å². The first-order chi connectivity index (χ1) is 7.63. The van der Waals surface area contributed by atoms with Crippen molar-refractivity contribution in [1.29, 1.82) is 0 Å². The standard InChI is InChI=1S/C15H25N/c1-4-5-6-15(16)14-9-7-13(8-10-14)11-12(2)3/h7-10,12,15H,4-6,11,16H2,1-3H3. The Kier molecular flexibility index (Phi) is 5.54. The highest BCUT2D eigenvalue weighted by Crippen LogP contribution is 2.18. The molecule has 1 unspecified atom stereocenters. The molecule has 1 aromatic rings. The first kappa shape index (κ1) is 13.2. The minimum Gasteiger partial charge on any atom is -0.324 e. The Balaban J connectivity index is 2.56. The van der Waals surface area contributed by atoms with Crippen LogP contribution in [0.1, 0.15) is 57.2 Å². The molecule has 0 aromatic heterocycles. The summed E-state index contributed by atoms with van der Waals surface area (Å²) >= 11 is 0. The van der Waals surface area contributed by atoms with Crippen LogP contribution < -0.4 is 5.73 Å². The molecule has 2 N–H and O–H groups in total. The number of benzene rings is 1. The van der Waals surface area contributed by atoms with Gasteiger partial charge in [0, 0.05) is 6.04 Å². The summed E-state index contributed by atoms with van der Waals surface area (Å²) in [7, 11) is 0. The minimum absolute atomic E-state index is 0.216. The van der Waals surface area contributed by atoms with Crippen LogP contribution in [0.5, 0.6) is 0 Å². The summed E-state index contributed by atoms with van der Waals surface area (Å²) in [6, 6.07) is 9.05. The van der Waals surface area contributed by atoms with E-state index in [4.69, 9.17) is 5.73 Å². The quantitative estimate of drug-likeness (QED) is 0.766. The molecule has 0 aliphatic rings. The summed E-state index contributed by atoms with van der Waals surface area (Å²) in [6.45, 7) is 6.71. The number of nitrogens with two attached hydrogens (primary N) is 1. The maximum absolute atomic E-state index is 6.13. The Labute approximate surface area is 100 Å². The number of rotatable bonds is 6. The second-order valence-corrected chi connectivity index (χ2v) is 5.09. The molecule has 90 valence electrons. The summed E-state index contributed by atoms with van der Waals surface area (Å²) in [5, 5.41) is 0. The fourth-order valence-electron chi connectivity index (χ4n) is 1.96. The highest BCUT2D eigenvalue weighted by Gasteiger charge is 2.05. The van der Waals surface area contributed by atoms with Crippen LogP contribution in [0.15, 0.2) is 24.3 Å². The Morgan fingerprint density at radius 2 is 1.75 bits per heavy atom. The smallest absolute Gasteiger partial charge is 0.0294 e. The minimum atomic E-state index is 0.216. The van der Waals surface area contributed by atoms with Crippen molar-refractivity contribution >= 4 is 0 Å². The molecule has 0 amide bonds. The van der Waals surface area contributed by atoms with Gasteiger partial charge in [0.2, 0.25) is 0 Å². The molecule has 0 fully saturated rings. The van der Waals surface area contributed by atoms with Crippen molar-refractivity contribution in [3.8, 4) is 0 Å². The molecule has 1 nitrogen and oxygen atoms in total. The van der Waals surface area contributed by atoms with Crippen molar-refractivity contribution in [2.24, 2.45) is 11.7 Å². The van der Waals surface area contributed by atoms with Gasteiger partial charge in [0.05, 0.1) is 0 Å². The van der Waals surface area contributed by atoms with E-state index in [0.29, 0.717) is 0 Å². The molecule has 1 heteroatoms. The lowest BCUT2D eigenvalue weighted by Gasteiger charge is -2.12. The highest BCUT2D eigenvalue weighted by atomic mass is 14.6. The highest BCUT2D eigenvalue weighted by molar-refractivity contribution is 5.25. The van der Waals surface area contributed by atoms with Gasteiger partial charge in [-0.05, 0) is 29.9 Å². The topological polar surface area (TPSA) is 26.0 Å². The lowest BCUT2D eigenvalue weighted by molar-refractivity contribution is 0.602. The normalized spacial score (nSPS) is 13.1. The zero-order valence-corrected chi connectivity index (χ0v) is 10.9. The first-order valence-corrected chi connectivity index (χ1v) is 6.48. The first-order valence-electron chi connectivity index (χ1n) is 6.48. The van der Waals surface area contributed by atoms with Gasteiger partial charge in [0.25, 0.3) is 0 Å². The average Bonchev–Trinajstić information content (AvgIpc) is 2.26. The van der Waals surface area contributed by atoms with E-state index in [1.165, 1.54) is 24.0 Å². The fraction of sp³-hybridized carbons (Fsp3) is 0.600. The molecule has 0 bridgehead atoms. The second-order valence-electron chi connectivity index (χ2n) is 5.09. The van der Waals surface area contributed by atoms with E-state index in [-0.39, 0.29) is 6.04 Å². The van der Waals surface area contributed by atoms with Gasteiger partial charge in [-0.1, -0.05) is 57.9 Å². The summed E-state index contributed by atoms with van der Waals surface area (Å²) in [6.07, 6.45) is 4.69. The molecular formula is C15H25N. The molecule has 1 aromatic carbocycles. The van der Waals surface area contributed by atoms with E-state index in [9.17, 15) is 0 Å². The van der Waals surface area contributed by atoms with Crippen LogP contribution in [0, 0.1) is 5.92 Å². The number of hydrogen-bond donors (Lipinski definition) is 1. The third-order valence-electron chi connectivity index (χ3n) is 2.92. The van der Waals surface area contributed by atoms with Crippen LogP contribution in [0.4, 0.5) is 0 Å². The Bertz CT molecular complexity index is 287. The zero-order valence-electron chi connectivity index (χ0n) is 10.9. The summed E-state index contributed by atoms with van der Waals surface area (Å²) in [5.41, 5.74) is 8.83. The van der Waals surface area contributed by atoms with Gasteiger partial charge in [0.15, 0.2) is 0 Å². The maximum Gasteiger partial charge on any atom is 0.0294 e. The largest absolute Gasteiger partial charge is 0.324 e. The number of hydrogen-bond acceptors (Lipinski definition) is 1. The van der Waals surface area contributed by atoms with E-state index in [0.717, 1.165) is 18.8 Å². The van der Waals surface area contributed by atoms with Crippen LogP contribution in [0.25, 0.3) is 0 Å². The van der Waals surface area contributed by atoms with Gasteiger partial charge in [-0.25, -0.2) is 0 Å². The van der Waals surface area contributed by atoms with Crippen molar-refractivity contribution in [2.45, 2.75) is 52.5 Å². The molecule has 0 aliphatic carbocycles. The maximum atomic E-state index is 6.13. The van der Waals surface area contributed by atoms with E-state index < -0.39 is 0 Å². The second kappa shape index (κ2) is 6.70. The van der Waals surface area contributed by atoms with Crippen LogP contribution in [-0.4, -0.2) is 0 Å². The van der Waals surface area contributed by atoms with Crippen molar-refractivity contribution in [3.05, 3.63) is 35.4 Å². The van der Waals surface area contributed by atoms with Gasteiger partial charge in [0.1, 0.15) is 0 Å². The fourth-order valence-corrected chi connectivity index (χ4v) is 1.96. The van der Waals surface area contributed by atoms with Gasteiger partial charge < -0.3 is 5.73 Å². The molecule has 16 heavy (non-hydrogen) atoms. The molecule has 1 rings (SSSR count). The Hall–Kier alpha value is -0.820. The van der Waals surface area contributed by atoms with E-state index in [1.54, 1.807) is 0 Å². The van der Waals surface area contributed by atoms with Gasteiger partial charge in [-0.3, -0.25) is 0 Å². The third-order valence-corrected chi connectivity index (χ3v) is 2.92. The van der Waals surface area contributed by atoms with Crippen LogP contribution >= 0.6 is 0 Å². The van der Waals surface area contributed by atoms with E-state index in [2.05, 4.69) is 45.0 Å². The molecule has 0 saturated carbocycles. The lowest BCUT2D eigenvalue weighted by atomic mass is 9.98. The molecule has 0 heterocycles. The molecule has 0 aliphatic heterocycles. The van der Waals surface area contributed by atoms with Crippen molar-refractivity contribution < 1.29 is 0 Å². The Morgan fingerprint density at radius 1 is 1.12 bits per heavy atom. The summed E-state index contributed by atoms with van der Waals surface area (Å²) in [5.74, 6) is 0.722. The zero-order chi connectivity index (χ0) is 12.0. The van der Waals surface area contributed by atoms with Gasteiger partial charge >= 0.3 is 0 Å².